The van der Waals surface area contributed by atoms with E-state index in [4.69, 9.17) is 4.74 Å². The summed E-state index contributed by atoms with van der Waals surface area (Å²) in [6.45, 7) is 5.36. The van der Waals surface area contributed by atoms with Crippen molar-refractivity contribution in [2.24, 2.45) is 13.0 Å². The lowest BCUT2D eigenvalue weighted by molar-refractivity contribution is -0.128. The lowest BCUT2D eigenvalue weighted by Crippen LogP contribution is -2.27. The van der Waals surface area contributed by atoms with Gasteiger partial charge in [-0.2, -0.15) is 5.10 Å². The van der Waals surface area contributed by atoms with E-state index in [1.165, 1.54) is 6.20 Å². The molecule has 6 heteroatoms. The molecule has 0 aliphatic carbocycles. The Morgan fingerprint density at radius 3 is 2.85 bits per heavy atom. The highest BCUT2D eigenvalue weighted by Crippen LogP contribution is 2.23. The van der Waals surface area contributed by atoms with E-state index in [9.17, 15) is 9.59 Å². The second-order valence-electron chi connectivity index (χ2n) is 5.10. The van der Waals surface area contributed by atoms with Crippen molar-refractivity contribution < 1.29 is 14.3 Å². The first kappa shape index (κ1) is 14.6. The Morgan fingerprint density at radius 2 is 2.25 bits per heavy atom. The molecule has 1 unspecified atom stereocenters. The molecule has 1 atom stereocenters. The number of aromatic nitrogens is 2. The number of esters is 1. The Bertz CT molecular complexity index is 510. The molecule has 1 amide bonds. The van der Waals surface area contributed by atoms with Crippen LogP contribution in [0, 0.1) is 5.92 Å². The third-order valence-corrected chi connectivity index (χ3v) is 3.77. The van der Waals surface area contributed by atoms with Gasteiger partial charge in [0.1, 0.15) is 5.56 Å². The van der Waals surface area contributed by atoms with E-state index in [-0.39, 0.29) is 11.9 Å². The maximum atomic E-state index is 12.0. The first-order valence-electron chi connectivity index (χ1n) is 7.02. The van der Waals surface area contributed by atoms with E-state index < -0.39 is 0 Å². The van der Waals surface area contributed by atoms with Crippen molar-refractivity contribution in [3.63, 3.8) is 0 Å². The highest BCUT2D eigenvalue weighted by molar-refractivity contribution is 5.90. The first-order chi connectivity index (χ1) is 9.56. The number of likely N-dealkylation sites (tertiary alicyclic amines) is 1. The molecule has 0 bridgehead atoms. The number of nitrogens with zero attached hydrogens (tertiary/aromatic N) is 3. The second kappa shape index (κ2) is 6.07. The average Bonchev–Trinajstić information content (AvgIpc) is 2.95. The van der Waals surface area contributed by atoms with Crippen LogP contribution in [-0.4, -0.2) is 39.7 Å². The fourth-order valence-corrected chi connectivity index (χ4v) is 2.49. The Morgan fingerprint density at radius 1 is 1.50 bits per heavy atom. The molecule has 1 aromatic heterocycles. The van der Waals surface area contributed by atoms with Crippen LogP contribution in [0.2, 0.25) is 0 Å². The van der Waals surface area contributed by atoms with Crippen molar-refractivity contribution in [1.29, 1.82) is 0 Å². The number of hydrogen-bond donors (Lipinski definition) is 0. The van der Waals surface area contributed by atoms with Gasteiger partial charge < -0.3 is 9.64 Å². The Labute approximate surface area is 118 Å². The SMILES string of the molecule is CCOC(=O)c1cnn(C)c1CN1CC(CC)CC1=O. The van der Waals surface area contributed by atoms with Crippen molar-refractivity contribution in [1.82, 2.24) is 14.7 Å². The Kier molecular flexibility index (Phi) is 4.42. The zero-order valence-corrected chi connectivity index (χ0v) is 12.3. The molecule has 20 heavy (non-hydrogen) atoms. The van der Waals surface area contributed by atoms with Crippen LogP contribution in [0.1, 0.15) is 42.7 Å². The van der Waals surface area contributed by atoms with Crippen molar-refractivity contribution in [3.05, 3.63) is 17.5 Å². The van der Waals surface area contributed by atoms with Crippen molar-refractivity contribution >= 4 is 11.9 Å². The summed E-state index contributed by atoms with van der Waals surface area (Å²) in [5, 5.41) is 4.10. The lowest BCUT2D eigenvalue weighted by Gasteiger charge is -2.17. The molecule has 110 valence electrons. The fraction of sp³-hybridized carbons (Fsp3) is 0.643. The molecule has 0 N–H and O–H groups in total. The minimum Gasteiger partial charge on any atom is -0.462 e. The predicted octanol–water partition coefficient (Wildman–Crippen LogP) is 1.36. The quantitative estimate of drug-likeness (QED) is 0.763. The van der Waals surface area contributed by atoms with E-state index in [0.717, 1.165) is 18.7 Å². The van der Waals surface area contributed by atoms with E-state index >= 15 is 0 Å². The van der Waals surface area contributed by atoms with Gasteiger partial charge in [0.05, 0.1) is 25.0 Å². The standard InChI is InChI=1S/C14H21N3O3/c1-4-10-6-13(18)17(8-10)9-12-11(7-15-16(12)3)14(19)20-5-2/h7,10H,4-6,8-9H2,1-3H3. The van der Waals surface area contributed by atoms with Gasteiger partial charge in [0.25, 0.3) is 0 Å². The molecule has 1 aromatic rings. The summed E-state index contributed by atoms with van der Waals surface area (Å²) in [6, 6.07) is 0. The van der Waals surface area contributed by atoms with Crippen LogP contribution < -0.4 is 0 Å². The molecule has 0 aromatic carbocycles. The summed E-state index contributed by atoms with van der Waals surface area (Å²) in [4.78, 5) is 25.6. The van der Waals surface area contributed by atoms with E-state index in [1.54, 1.807) is 23.6 Å². The Balaban J connectivity index is 2.15. The van der Waals surface area contributed by atoms with Crippen LogP contribution in [0.3, 0.4) is 0 Å². The van der Waals surface area contributed by atoms with Gasteiger partial charge in [0.15, 0.2) is 0 Å². The molecule has 2 heterocycles. The summed E-state index contributed by atoms with van der Waals surface area (Å²) in [5.41, 5.74) is 1.18. The third-order valence-electron chi connectivity index (χ3n) is 3.77. The van der Waals surface area contributed by atoms with Crippen LogP contribution in [0.15, 0.2) is 6.20 Å². The van der Waals surface area contributed by atoms with Gasteiger partial charge in [-0.1, -0.05) is 13.3 Å². The number of aryl methyl sites for hydroxylation is 1. The highest BCUT2D eigenvalue weighted by atomic mass is 16.5. The van der Waals surface area contributed by atoms with Crippen molar-refractivity contribution in [2.75, 3.05) is 13.2 Å². The summed E-state index contributed by atoms with van der Waals surface area (Å²) >= 11 is 0. The molecule has 1 aliphatic heterocycles. The summed E-state index contributed by atoms with van der Waals surface area (Å²) in [7, 11) is 1.77. The largest absolute Gasteiger partial charge is 0.462 e. The van der Waals surface area contributed by atoms with Gasteiger partial charge in [0.2, 0.25) is 5.91 Å². The van der Waals surface area contributed by atoms with Gasteiger partial charge in [-0.25, -0.2) is 4.79 Å². The van der Waals surface area contributed by atoms with Crippen LogP contribution in [-0.2, 0) is 23.1 Å². The van der Waals surface area contributed by atoms with Crippen LogP contribution >= 0.6 is 0 Å². The summed E-state index contributed by atoms with van der Waals surface area (Å²) in [5.74, 6) is 0.184. The minimum atomic E-state index is -0.380. The normalized spacial score (nSPS) is 18.6. The number of ether oxygens (including phenoxy) is 1. The van der Waals surface area contributed by atoms with Gasteiger partial charge >= 0.3 is 5.97 Å². The molecular formula is C14H21N3O3. The monoisotopic (exact) mass is 279 g/mol. The molecule has 0 radical (unpaired) electrons. The lowest BCUT2D eigenvalue weighted by atomic mass is 10.1. The van der Waals surface area contributed by atoms with Gasteiger partial charge in [0, 0.05) is 20.0 Å². The number of rotatable bonds is 5. The van der Waals surface area contributed by atoms with Gasteiger partial charge in [-0.05, 0) is 12.8 Å². The molecule has 6 nitrogen and oxygen atoms in total. The smallest absolute Gasteiger partial charge is 0.341 e. The van der Waals surface area contributed by atoms with Gasteiger partial charge in [-0.3, -0.25) is 9.48 Å². The van der Waals surface area contributed by atoms with Crippen LogP contribution in [0.4, 0.5) is 0 Å². The number of carbonyl (C=O) groups excluding carboxylic acids is 2. The van der Waals surface area contributed by atoms with Crippen LogP contribution in [0.5, 0.6) is 0 Å². The van der Waals surface area contributed by atoms with E-state index in [2.05, 4.69) is 12.0 Å². The molecule has 1 fully saturated rings. The number of amides is 1. The fourth-order valence-electron chi connectivity index (χ4n) is 2.49. The molecule has 1 saturated heterocycles. The van der Waals surface area contributed by atoms with E-state index in [0.29, 0.717) is 31.1 Å². The molecule has 2 rings (SSSR count). The zero-order chi connectivity index (χ0) is 14.7. The van der Waals surface area contributed by atoms with E-state index in [1.807, 2.05) is 0 Å². The summed E-state index contributed by atoms with van der Waals surface area (Å²) in [6.07, 6.45) is 3.10. The maximum absolute atomic E-state index is 12.0. The minimum absolute atomic E-state index is 0.146. The third kappa shape index (κ3) is 2.84. The second-order valence-corrected chi connectivity index (χ2v) is 5.10. The summed E-state index contributed by atoms with van der Waals surface area (Å²) < 4.78 is 6.66. The molecular weight excluding hydrogens is 258 g/mol. The molecule has 0 spiro atoms. The number of hydrogen-bond acceptors (Lipinski definition) is 4. The van der Waals surface area contributed by atoms with Crippen molar-refractivity contribution in [3.8, 4) is 0 Å². The number of carbonyl (C=O) groups is 2. The van der Waals surface area contributed by atoms with Gasteiger partial charge in [-0.15, -0.1) is 0 Å². The Hall–Kier alpha value is -1.85. The average molecular weight is 279 g/mol. The molecule has 1 aliphatic rings. The van der Waals surface area contributed by atoms with Crippen molar-refractivity contribution in [2.45, 2.75) is 33.2 Å². The van der Waals surface area contributed by atoms with Crippen LogP contribution in [0.25, 0.3) is 0 Å². The maximum Gasteiger partial charge on any atom is 0.341 e. The topological polar surface area (TPSA) is 64.4 Å². The predicted molar refractivity (Wildman–Crippen MR) is 73.0 cm³/mol. The highest BCUT2D eigenvalue weighted by Gasteiger charge is 2.30. The zero-order valence-electron chi connectivity index (χ0n) is 12.3. The molecule has 0 saturated carbocycles. The first-order valence-corrected chi connectivity index (χ1v) is 7.02.